The van der Waals surface area contributed by atoms with Gasteiger partial charge in [0.25, 0.3) is 0 Å². The van der Waals surface area contributed by atoms with E-state index < -0.39 is 0 Å². The van der Waals surface area contributed by atoms with E-state index >= 15 is 0 Å². The Balaban J connectivity index is 2.29. The van der Waals surface area contributed by atoms with E-state index in [0.29, 0.717) is 16.3 Å². The number of carbonyl (C=O) groups excluding carboxylic acids is 1. The molecule has 0 unspecified atom stereocenters. The van der Waals surface area contributed by atoms with Crippen molar-refractivity contribution in [2.24, 2.45) is 0 Å². The molecule has 0 fully saturated rings. The predicted molar refractivity (Wildman–Crippen MR) is 85.5 cm³/mol. The third-order valence-electron chi connectivity index (χ3n) is 2.75. The highest BCUT2D eigenvalue weighted by Crippen LogP contribution is 2.24. The molecule has 0 aliphatic rings. The van der Waals surface area contributed by atoms with Gasteiger partial charge in [-0.25, -0.2) is 0 Å². The molecule has 0 N–H and O–H groups in total. The van der Waals surface area contributed by atoms with Crippen LogP contribution in [0, 0.1) is 0 Å². The molecule has 0 aromatic heterocycles. The van der Waals surface area contributed by atoms with Crippen molar-refractivity contribution in [1.29, 1.82) is 0 Å². The zero-order valence-corrected chi connectivity index (χ0v) is 13.1. The zero-order valence-electron chi connectivity index (χ0n) is 10.8. The highest BCUT2D eigenvalue weighted by atomic mass is 79.9. The van der Waals surface area contributed by atoms with Crippen LogP contribution in [0.2, 0.25) is 5.02 Å². The van der Waals surface area contributed by atoms with E-state index in [2.05, 4.69) is 15.9 Å². The molecule has 0 amide bonds. The maximum Gasteiger partial charge on any atom is 0.189 e. The van der Waals surface area contributed by atoms with E-state index in [-0.39, 0.29) is 5.78 Å². The SMILES string of the molecule is COc1ccc(Br)cc1C(=O)C=Cc1ccccc1Cl. The Labute approximate surface area is 131 Å². The average molecular weight is 352 g/mol. The molecule has 0 spiro atoms. The topological polar surface area (TPSA) is 26.3 Å². The van der Waals surface area contributed by atoms with E-state index in [0.717, 1.165) is 10.0 Å². The van der Waals surface area contributed by atoms with E-state index in [1.165, 1.54) is 13.2 Å². The van der Waals surface area contributed by atoms with Crippen LogP contribution in [0.3, 0.4) is 0 Å². The number of hydrogen-bond acceptors (Lipinski definition) is 2. The Kier molecular flexibility index (Phi) is 4.99. The Morgan fingerprint density at radius 1 is 1.25 bits per heavy atom. The van der Waals surface area contributed by atoms with E-state index in [1.54, 1.807) is 24.3 Å². The molecule has 20 heavy (non-hydrogen) atoms. The van der Waals surface area contributed by atoms with Gasteiger partial charge in [-0.3, -0.25) is 4.79 Å². The first-order valence-electron chi connectivity index (χ1n) is 5.92. The standard InChI is InChI=1S/C16H12BrClO2/c1-20-16-9-7-12(17)10-13(16)15(19)8-6-11-4-2-3-5-14(11)18/h2-10H,1H3. The molecule has 0 saturated heterocycles. The number of rotatable bonds is 4. The molecule has 2 aromatic rings. The van der Waals surface area contributed by atoms with Crippen LogP contribution in [0.4, 0.5) is 0 Å². The first-order valence-corrected chi connectivity index (χ1v) is 7.09. The van der Waals surface area contributed by atoms with Crippen molar-refractivity contribution in [1.82, 2.24) is 0 Å². The van der Waals surface area contributed by atoms with Gasteiger partial charge >= 0.3 is 0 Å². The van der Waals surface area contributed by atoms with Crippen LogP contribution in [0.1, 0.15) is 15.9 Å². The van der Waals surface area contributed by atoms with Crippen LogP contribution < -0.4 is 4.74 Å². The summed E-state index contributed by atoms with van der Waals surface area (Å²) in [7, 11) is 1.54. The molecule has 2 aromatic carbocycles. The summed E-state index contributed by atoms with van der Waals surface area (Å²) in [5.74, 6) is 0.407. The van der Waals surface area contributed by atoms with Gasteiger partial charge in [-0.05, 0) is 42.0 Å². The van der Waals surface area contributed by atoms with E-state index in [4.69, 9.17) is 16.3 Å². The van der Waals surface area contributed by atoms with Gasteiger partial charge in [0.05, 0.1) is 12.7 Å². The lowest BCUT2D eigenvalue weighted by Gasteiger charge is -2.06. The van der Waals surface area contributed by atoms with Crippen LogP contribution in [0.25, 0.3) is 6.08 Å². The fourth-order valence-electron chi connectivity index (χ4n) is 1.74. The summed E-state index contributed by atoms with van der Waals surface area (Å²) < 4.78 is 6.02. The fourth-order valence-corrected chi connectivity index (χ4v) is 2.30. The van der Waals surface area contributed by atoms with Gasteiger partial charge in [-0.1, -0.05) is 45.7 Å². The molecule has 0 aliphatic carbocycles. The van der Waals surface area contributed by atoms with Gasteiger partial charge in [0.15, 0.2) is 5.78 Å². The Bertz CT molecular complexity index is 665. The molecular weight excluding hydrogens is 340 g/mol. The maximum atomic E-state index is 12.2. The number of halogens is 2. The second-order valence-corrected chi connectivity index (χ2v) is 5.39. The summed E-state index contributed by atoms with van der Waals surface area (Å²) in [5.41, 5.74) is 1.31. The molecule has 4 heteroatoms. The molecule has 0 saturated carbocycles. The quantitative estimate of drug-likeness (QED) is 0.572. The molecule has 0 bridgehead atoms. The van der Waals surface area contributed by atoms with Crippen molar-refractivity contribution in [2.45, 2.75) is 0 Å². The second-order valence-electron chi connectivity index (χ2n) is 4.06. The highest BCUT2D eigenvalue weighted by molar-refractivity contribution is 9.10. The minimum atomic E-state index is -0.136. The Morgan fingerprint density at radius 3 is 2.70 bits per heavy atom. The molecule has 0 atom stereocenters. The number of ether oxygens (including phenoxy) is 1. The van der Waals surface area contributed by atoms with Crippen LogP contribution in [-0.4, -0.2) is 12.9 Å². The zero-order chi connectivity index (χ0) is 14.5. The van der Waals surface area contributed by atoms with Gasteiger partial charge < -0.3 is 4.74 Å². The first-order chi connectivity index (χ1) is 9.61. The van der Waals surface area contributed by atoms with Crippen LogP contribution in [0.15, 0.2) is 53.0 Å². The third-order valence-corrected chi connectivity index (χ3v) is 3.58. The molecule has 0 radical (unpaired) electrons. The second kappa shape index (κ2) is 6.73. The van der Waals surface area contributed by atoms with Crippen LogP contribution >= 0.6 is 27.5 Å². The summed E-state index contributed by atoms with van der Waals surface area (Å²) in [6, 6.07) is 12.7. The van der Waals surface area contributed by atoms with Crippen LogP contribution in [-0.2, 0) is 0 Å². The molecular formula is C16H12BrClO2. The van der Waals surface area contributed by atoms with E-state index in [9.17, 15) is 4.79 Å². The monoisotopic (exact) mass is 350 g/mol. The fraction of sp³-hybridized carbons (Fsp3) is 0.0625. The van der Waals surface area contributed by atoms with Crippen molar-refractivity contribution in [3.8, 4) is 5.75 Å². The summed E-state index contributed by atoms with van der Waals surface area (Å²) in [5, 5.41) is 0.609. The van der Waals surface area contributed by atoms with E-state index in [1.807, 2.05) is 24.3 Å². The molecule has 2 nitrogen and oxygen atoms in total. The molecule has 0 aliphatic heterocycles. The number of ketones is 1. The number of allylic oxidation sites excluding steroid dienone is 1. The predicted octanol–water partition coefficient (Wildman–Crippen LogP) is 5.01. The van der Waals surface area contributed by atoms with Crippen LogP contribution in [0.5, 0.6) is 5.75 Å². The lowest BCUT2D eigenvalue weighted by atomic mass is 10.1. The van der Waals surface area contributed by atoms with Crippen molar-refractivity contribution in [3.05, 3.63) is 69.2 Å². The number of hydrogen-bond donors (Lipinski definition) is 0. The summed E-state index contributed by atoms with van der Waals surface area (Å²) in [6.07, 6.45) is 3.19. The Morgan fingerprint density at radius 2 is 2.00 bits per heavy atom. The minimum Gasteiger partial charge on any atom is -0.496 e. The first kappa shape index (κ1) is 14.8. The van der Waals surface area contributed by atoms with Crippen molar-refractivity contribution in [2.75, 3.05) is 7.11 Å². The lowest BCUT2D eigenvalue weighted by Crippen LogP contribution is -1.98. The maximum absolute atomic E-state index is 12.2. The normalized spacial score (nSPS) is 10.8. The van der Waals surface area contributed by atoms with Gasteiger partial charge in [-0.2, -0.15) is 0 Å². The Hall–Kier alpha value is -1.58. The van der Waals surface area contributed by atoms with Gasteiger partial charge in [-0.15, -0.1) is 0 Å². The lowest BCUT2D eigenvalue weighted by molar-refractivity contribution is 0.104. The third kappa shape index (κ3) is 3.50. The van der Waals surface area contributed by atoms with Gasteiger partial charge in [0.2, 0.25) is 0 Å². The largest absolute Gasteiger partial charge is 0.496 e. The van der Waals surface area contributed by atoms with Crippen molar-refractivity contribution >= 4 is 39.4 Å². The number of carbonyl (C=O) groups is 1. The van der Waals surface area contributed by atoms with Gasteiger partial charge in [0, 0.05) is 9.50 Å². The summed E-state index contributed by atoms with van der Waals surface area (Å²) >= 11 is 9.39. The van der Waals surface area contributed by atoms with Crippen molar-refractivity contribution in [3.63, 3.8) is 0 Å². The smallest absolute Gasteiger partial charge is 0.189 e. The molecule has 102 valence electrons. The summed E-state index contributed by atoms with van der Waals surface area (Å²) in [6.45, 7) is 0. The molecule has 0 heterocycles. The minimum absolute atomic E-state index is 0.136. The van der Waals surface area contributed by atoms with Crippen molar-refractivity contribution < 1.29 is 9.53 Å². The highest BCUT2D eigenvalue weighted by Gasteiger charge is 2.10. The average Bonchev–Trinajstić information content (AvgIpc) is 2.46. The number of methoxy groups -OCH3 is 1. The number of benzene rings is 2. The summed E-state index contributed by atoms with van der Waals surface area (Å²) in [4.78, 5) is 12.2. The van der Waals surface area contributed by atoms with Gasteiger partial charge in [0.1, 0.15) is 5.75 Å². The molecule has 2 rings (SSSR count).